The van der Waals surface area contributed by atoms with Crippen molar-refractivity contribution in [2.24, 2.45) is 0 Å². The summed E-state index contributed by atoms with van der Waals surface area (Å²) >= 11 is 0. The lowest BCUT2D eigenvalue weighted by Gasteiger charge is -2.24. The Morgan fingerprint density at radius 2 is 2.04 bits per heavy atom. The summed E-state index contributed by atoms with van der Waals surface area (Å²) in [5.41, 5.74) is 1.09. The summed E-state index contributed by atoms with van der Waals surface area (Å²) < 4.78 is 29.5. The SMILES string of the molecule is COc1cccc([C@H](C)N(C)C(=O)c2coc(COc3ccccc3F)n2)c1. The summed E-state index contributed by atoms with van der Waals surface area (Å²) in [4.78, 5) is 18.4. The number of rotatable bonds is 7. The van der Waals surface area contributed by atoms with Gasteiger partial charge in [-0.15, -0.1) is 0 Å². The second-order valence-corrected chi connectivity index (χ2v) is 6.21. The molecule has 3 rings (SSSR count). The van der Waals surface area contributed by atoms with Gasteiger partial charge in [0.1, 0.15) is 12.0 Å². The average molecular weight is 384 g/mol. The Morgan fingerprint density at radius 1 is 1.25 bits per heavy atom. The topological polar surface area (TPSA) is 64.8 Å². The van der Waals surface area contributed by atoms with Crippen molar-refractivity contribution in [3.63, 3.8) is 0 Å². The molecule has 0 fully saturated rings. The summed E-state index contributed by atoms with van der Waals surface area (Å²) in [5.74, 6) is 0.235. The number of halogens is 1. The maximum atomic E-state index is 13.6. The molecule has 6 nitrogen and oxygen atoms in total. The maximum absolute atomic E-state index is 13.6. The van der Waals surface area contributed by atoms with Crippen molar-refractivity contribution in [1.29, 1.82) is 0 Å². The third kappa shape index (κ3) is 4.31. The predicted octanol–water partition coefficient (Wildman–Crippen LogP) is 4.23. The maximum Gasteiger partial charge on any atom is 0.276 e. The Hall–Kier alpha value is -3.35. The minimum atomic E-state index is -0.475. The van der Waals surface area contributed by atoms with E-state index in [-0.39, 0.29) is 35.9 Å². The molecule has 1 aromatic heterocycles. The van der Waals surface area contributed by atoms with E-state index >= 15 is 0 Å². The van der Waals surface area contributed by atoms with Gasteiger partial charge in [0.05, 0.1) is 13.2 Å². The molecule has 0 aliphatic carbocycles. The van der Waals surface area contributed by atoms with Crippen LogP contribution >= 0.6 is 0 Å². The number of oxazole rings is 1. The van der Waals surface area contributed by atoms with E-state index in [1.54, 1.807) is 31.2 Å². The summed E-state index contributed by atoms with van der Waals surface area (Å²) in [6.07, 6.45) is 1.27. The molecule has 0 radical (unpaired) electrons. The highest BCUT2D eigenvalue weighted by molar-refractivity contribution is 5.92. The first-order chi connectivity index (χ1) is 13.5. The minimum absolute atomic E-state index is 0.0800. The molecule has 3 aromatic rings. The molecule has 0 aliphatic rings. The number of amides is 1. The van der Waals surface area contributed by atoms with Gasteiger partial charge in [-0.25, -0.2) is 9.37 Å². The first-order valence-electron chi connectivity index (χ1n) is 8.72. The number of para-hydroxylation sites is 1. The first-order valence-corrected chi connectivity index (χ1v) is 8.72. The highest BCUT2D eigenvalue weighted by atomic mass is 19.1. The number of nitrogens with zero attached hydrogens (tertiary/aromatic N) is 2. The van der Waals surface area contributed by atoms with Crippen LogP contribution in [-0.2, 0) is 6.61 Å². The van der Waals surface area contributed by atoms with Crippen LogP contribution in [0.5, 0.6) is 11.5 Å². The molecular weight excluding hydrogens is 363 g/mol. The lowest BCUT2D eigenvalue weighted by molar-refractivity contribution is 0.0736. The lowest BCUT2D eigenvalue weighted by atomic mass is 10.1. The van der Waals surface area contributed by atoms with Gasteiger partial charge >= 0.3 is 0 Å². The fourth-order valence-electron chi connectivity index (χ4n) is 2.66. The Morgan fingerprint density at radius 3 is 2.79 bits per heavy atom. The molecule has 1 atom stereocenters. The van der Waals surface area contributed by atoms with Gasteiger partial charge < -0.3 is 18.8 Å². The Kier molecular flexibility index (Phi) is 5.93. The fourth-order valence-corrected chi connectivity index (χ4v) is 2.66. The van der Waals surface area contributed by atoms with E-state index in [4.69, 9.17) is 13.9 Å². The number of ether oxygens (including phenoxy) is 2. The summed E-state index contributed by atoms with van der Waals surface area (Å²) in [6, 6.07) is 13.4. The van der Waals surface area contributed by atoms with Crippen LogP contribution in [0.1, 0.15) is 34.9 Å². The largest absolute Gasteiger partial charge is 0.497 e. The highest BCUT2D eigenvalue weighted by Gasteiger charge is 2.22. The quantitative estimate of drug-likeness (QED) is 0.610. The van der Waals surface area contributed by atoms with E-state index in [1.807, 2.05) is 31.2 Å². The Balaban J connectivity index is 1.66. The molecule has 0 saturated heterocycles. The van der Waals surface area contributed by atoms with Crippen LogP contribution < -0.4 is 9.47 Å². The normalized spacial score (nSPS) is 11.7. The first kappa shape index (κ1) is 19.4. The monoisotopic (exact) mass is 384 g/mol. The van der Waals surface area contributed by atoms with E-state index in [2.05, 4.69) is 4.98 Å². The molecule has 2 aromatic carbocycles. The van der Waals surface area contributed by atoms with Gasteiger partial charge in [0.25, 0.3) is 5.91 Å². The number of carbonyl (C=O) groups excluding carboxylic acids is 1. The van der Waals surface area contributed by atoms with Crippen LogP contribution in [0.15, 0.2) is 59.2 Å². The number of hydrogen-bond acceptors (Lipinski definition) is 5. The lowest BCUT2D eigenvalue weighted by Crippen LogP contribution is -2.30. The van der Waals surface area contributed by atoms with Crippen LogP contribution in [0.2, 0.25) is 0 Å². The zero-order valence-electron chi connectivity index (χ0n) is 15.9. The van der Waals surface area contributed by atoms with Crippen molar-refractivity contribution in [2.45, 2.75) is 19.6 Å². The van der Waals surface area contributed by atoms with Crippen LogP contribution in [0.3, 0.4) is 0 Å². The number of benzene rings is 2. The van der Waals surface area contributed by atoms with Gasteiger partial charge in [-0.05, 0) is 36.8 Å². The zero-order chi connectivity index (χ0) is 20.1. The van der Waals surface area contributed by atoms with Gasteiger partial charge in [-0.3, -0.25) is 4.79 Å². The van der Waals surface area contributed by atoms with E-state index in [9.17, 15) is 9.18 Å². The van der Waals surface area contributed by atoms with Crippen LogP contribution in [0.4, 0.5) is 4.39 Å². The van der Waals surface area contributed by atoms with Crippen LogP contribution in [-0.4, -0.2) is 29.9 Å². The zero-order valence-corrected chi connectivity index (χ0v) is 15.9. The van der Waals surface area contributed by atoms with Gasteiger partial charge in [-0.1, -0.05) is 24.3 Å². The Labute approximate surface area is 162 Å². The van der Waals surface area contributed by atoms with Gasteiger partial charge in [0.2, 0.25) is 5.89 Å². The standard InChI is InChI=1S/C21H21FN2O4/c1-14(15-7-6-8-16(11-15)26-3)24(2)21(25)18-12-28-20(23-18)13-27-19-10-5-4-9-17(19)22/h4-12,14H,13H2,1-3H3/t14-/m0/s1. The third-order valence-corrected chi connectivity index (χ3v) is 4.44. The van der Waals surface area contributed by atoms with E-state index in [1.165, 1.54) is 18.4 Å². The second-order valence-electron chi connectivity index (χ2n) is 6.21. The van der Waals surface area contributed by atoms with Gasteiger partial charge in [-0.2, -0.15) is 0 Å². The third-order valence-electron chi connectivity index (χ3n) is 4.44. The molecule has 0 unspecified atom stereocenters. The molecule has 0 spiro atoms. The van der Waals surface area contributed by atoms with E-state index < -0.39 is 5.82 Å². The molecule has 7 heteroatoms. The number of aromatic nitrogens is 1. The summed E-state index contributed by atoms with van der Waals surface area (Å²) in [7, 11) is 3.29. The second kappa shape index (κ2) is 8.56. The Bertz CT molecular complexity index is 957. The summed E-state index contributed by atoms with van der Waals surface area (Å²) in [5, 5.41) is 0. The highest BCUT2D eigenvalue weighted by Crippen LogP contribution is 2.24. The molecule has 146 valence electrons. The van der Waals surface area contributed by atoms with Gasteiger partial charge in [0, 0.05) is 7.05 Å². The van der Waals surface area contributed by atoms with E-state index in [0.717, 1.165) is 11.3 Å². The van der Waals surface area contributed by atoms with Crippen molar-refractivity contribution in [3.8, 4) is 11.5 Å². The molecule has 0 bridgehead atoms. The molecule has 0 N–H and O–H groups in total. The number of methoxy groups -OCH3 is 1. The van der Waals surface area contributed by atoms with Crippen molar-refractivity contribution < 1.29 is 23.1 Å². The van der Waals surface area contributed by atoms with Crippen molar-refractivity contribution in [2.75, 3.05) is 14.2 Å². The predicted molar refractivity (Wildman–Crippen MR) is 101 cm³/mol. The fraction of sp³-hybridized carbons (Fsp3) is 0.238. The number of hydrogen-bond donors (Lipinski definition) is 0. The van der Waals surface area contributed by atoms with Crippen molar-refractivity contribution >= 4 is 5.91 Å². The molecule has 28 heavy (non-hydrogen) atoms. The van der Waals surface area contributed by atoms with Crippen molar-refractivity contribution in [1.82, 2.24) is 9.88 Å². The van der Waals surface area contributed by atoms with E-state index in [0.29, 0.717) is 0 Å². The smallest absolute Gasteiger partial charge is 0.276 e. The molecular formula is C21H21FN2O4. The molecule has 1 amide bonds. The van der Waals surface area contributed by atoms with Crippen molar-refractivity contribution in [3.05, 3.63) is 77.8 Å². The molecule has 0 aliphatic heterocycles. The minimum Gasteiger partial charge on any atom is -0.497 e. The molecule has 0 saturated carbocycles. The van der Waals surface area contributed by atoms with Crippen LogP contribution in [0.25, 0.3) is 0 Å². The molecule has 1 heterocycles. The van der Waals surface area contributed by atoms with Gasteiger partial charge in [0.15, 0.2) is 23.9 Å². The average Bonchev–Trinajstić information content (AvgIpc) is 3.20. The van der Waals surface area contributed by atoms with Crippen LogP contribution in [0, 0.1) is 5.82 Å². The number of carbonyl (C=O) groups is 1. The summed E-state index contributed by atoms with van der Waals surface area (Å²) in [6.45, 7) is 1.83.